The lowest BCUT2D eigenvalue weighted by Crippen LogP contribution is -2.19. The van der Waals surface area contributed by atoms with Gasteiger partial charge in [-0.25, -0.2) is 0 Å². The normalized spacial score (nSPS) is 13.7. The standard InChI is InChI=1S/C11H14BrClO3S/c1-11(2,5-9(15)16)4-7(14)8-3-6(13)10(12)17-8/h3,7,14H,4-5H2,1-2H3,(H,15,16). The van der Waals surface area contributed by atoms with Gasteiger partial charge in [0.25, 0.3) is 0 Å². The number of halogens is 2. The van der Waals surface area contributed by atoms with E-state index in [2.05, 4.69) is 15.9 Å². The van der Waals surface area contributed by atoms with E-state index in [4.69, 9.17) is 16.7 Å². The Morgan fingerprint density at radius 3 is 2.65 bits per heavy atom. The number of carboxylic acids is 1. The van der Waals surface area contributed by atoms with Gasteiger partial charge in [-0.2, -0.15) is 0 Å². The molecule has 0 aliphatic rings. The molecule has 96 valence electrons. The van der Waals surface area contributed by atoms with Crippen molar-refractivity contribution in [2.24, 2.45) is 5.41 Å². The summed E-state index contributed by atoms with van der Waals surface area (Å²) < 4.78 is 0.782. The number of hydrogen-bond acceptors (Lipinski definition) is 3. The summed E-state index contributed by atoms with van der Waals surface area (Å²) in [5.74, 6) is -0.854. The predicted molar refractivity (Wildman–Crippen MR) is 72.6 cm³/mol. The lowest BCUT2D eigenvalue weighted by molar-refractivity contribution is -0.139. The largest absolute Gasteiger partial charge is 0.481 e. The first-order valence-electron chi connectivity index (χ1n) is 5.06. The van der Waals surface area contributed by atoms with Crippen LogP contribution in [0.1, 0.15) is 37.7 Å². The van der Waals surface area contributed by atoms with Crippen molar-refractivity contribution in [1.82, 2.24) is 0 Å². The van der Waals surface area contributed by atoms with Gasteiger partial charge < -0.3 is 10.2 Å². The molecule has 0 saturated heterocycles. The summed E-state index contributed by atoms with van der Waals surface area (Å²) in [5, 5.41) is 19.4. The monoisotopic (exact) mass is 340 g/mol. The van der Waals surface area contributed by atoms with Gasteiger partial charge in [0, 0.05) is 4.88 Å². The minimum atomic E-state index is -0.854. The lowest BCUT2D eigenvalue weighted by atomic mass is 9.83. The molecule has 1 rings (SSSR count). The fourth-order valence-corrected chi connectivity index (χ4v) is 3.37. The van der Waals surface area contributed by atoms with Gasteiger partial charge in [-0.05, 0) is 33.8 Å². The van der Waals surface area contributed by atoms with E-state index in [1.807, 2.05) is 13.8 Å². The van der Waals surface area contributed by atoms with Crippen LogP contribution in [0.2, 0.25) is 5.02 Å². The number of carboxylic acid groups (broad SMARTS) is 1. The molecular weight excluding hydrogens is 328 g/mol. The molecule has 0 amide bonds. The number of rotatable bonds is 5. The summed E-state index contributed by atoms with van der Waals surface area (Å²) in [5.41, 5.74) is -0.450. The second-order valence-corrected chi connectivity index (χ2v) is 7.53. The first-order valence-corrected chi connectivity index (χ1v) is 7.04. The molecule has 0 bridgehead atoms. The van der Waals surface area contributed by atoms with Gasteiger partial charge in [0.15, 0.2) is 0 Å². The number of aliphatic hydroxyl groups is 1. The Bertz CT molecular complexity index is 397. The maximum absolute atomic E-state index is 10.7. The highest BCUT2D eigenvalue weighted by atomic mass is 79.9. The Morgan fingerprint density at radius 2 is 2.24 bits per heavy atom. The molecule has 17 heavy (non-hydrogen) atoms. The number of thiophene rings is 1. The van der Waals surface area contributed by atoms with Gasteiger partial charge >= 0.3 is 5.97 Å². The zero-order valence-electron chi connectivity index (χ0n) is 9.54. The summed E-state index contributed by atoms with van der Waals surface area (Å²) in [6.45, 7) is 3.66. The van der Waals surface area contributed by atoms with Gasteiger partial charge in [-0.1, -0.05) is 25.4 Å². The lowest BCUT2D eigenvalue weighted by Gasteiger charge is -2.24. The van der Waals surface area contributed by atoms with Crippen LogP contribution in [0, 0.1) is 5.41 Å². The summed E-state index contributed by atoms with van der Waals surface area (Å²) >= 11 is 10.5. The number of carbonyl (C=O) groups is 1. The van der Waals surface area contributed by atoms with Crippen LogP contribution in [-0.2, 0) is 4.79 Å². The molecule has 0 spiro atoms. The number of aliphatic carboxylic acids is 1. The SMILES string of the molecule is CC(C)(CC(=O)O)CC(O)c1cc(Cl)c(Br)s1. The minimum absolute atomic E-state index is 0.0321. The van der Waals surface area contributed by atoms with Gasteiger partial charge in [-0.15, -0.1) is 11.3 Å². The fraction of sp³-hybridized carbons (Fsp3) is 0.545. The maximum Gasteiger partial charge on any atom is 0.303 e. The van der Waals surface area contributed by atoms with E-state index in [-0.39, 0.29) is 6.42 Å². The highest BCUT2D eigenvalue weighted by molar-refractivity contribution is 9.11. The van der Waals surface area contributed by atoms with Crippen molar-refractivity contribution in [3.63, 3.8) is 0 Å². The van der Waals surface area contributed by atoms with Gasteiger partial charge in [0.1, 0.15) is 0 Å². The van der Waals surface area contributed by atoms with Gasteiger partial charge in [0.05, 0.1) is 21.3 Å². The van der Waals surface area contributed by atoms with Crippen LogP contribution in [0.4, 0.5) is 0 Å². The van der Waals surface area contributed by atoms with Crippen molar-refractivity contribution in [2.75, 3.05) is 0 Å². The van der Waals surface area contributed by atoms with Crippen LogP contribution in [0.5, 0.6) is 0 Å². The molecule has 1 unspecified atom stereocenters. The Kier molecular flexibility index (Phi) is 5.01. The third kappa shape index (κ3) is 4.58. The molecule has 0 aliphatic carbocycles. The van der Waals surface area contributed by atoms with Crippen LogP contribution in [0.15, 0.2) is 9.85 Å². The molecule has 2 N–H and O–H groups in total. The van der Waals surface area contributed by atoms with E-state index in [0.717, 1.165) is 8.66 Å². The zero-order chi connectivity index (χ0) is 13.2. The first kappa shape index (κ1) is 15.0. The van der Waals surface area contributed by atoms with Crippen molar-refractivity contribution >= 4 is 44.8 Å². The average Bonchev–Trinajstić information content (AvgIpc) is 2.43. The maximum atomic E-state index is 10.7. The minimum Gasteiger partial charge on any atom is -0.481 e. The molecule has 1 heterocycles. The van der Waals surface area contributed by atoms with Crippen molar-refractivity contribution < 1.29 is 15.0 Å². The highest BCUT2D eigenvalue weighted by Gasteiger charge is 2.27. The second-order valence-electron chi connectivity index (χ2n) is 4.73. The Balaban J connectivity index is 2.71. The van der Waals surface area contributed by atoms with Crippen LogP contribution in [0.25, 0.3) is 0 Å². The first-order chi connectivity index (χ1) is 7.71. The van der Waals surface area contributed by atoms with E-state index < -0.39 is 17.5 Å². The molecule has 0 aromatic carbocycles. The van der Waals surface area contributed by atoms with Crippen molar-refractivity contribution in [1.29, 1.82) is 0 Å². The summed E-state index contributed by atoms with van der Waals surface area (Å²) in [6.07, 6.45) is -0.259. The highest BCUT2D eigenvalue weighted by Crippen LogP contribution is 2.40. The Morgan fingerprint density at radius 1 is 1.65 bits per heavy atom. The van der Waals surface area contributed by atoms with E-state index in [9.17, 15) is 9.90 Å². The van der Waals surface area contributed by atoms with E-state index in [1.54, 1.807) is 6.07 Å². The average molecular weight is 342 g/mol. The number of hydrogen-bond donors (Lipinski definition) is 2. The Hall–Kier alpha value is -0.100. The van der Waals surface area contributed by atoms with E-state index in [1.165, 1.54) is 11.3 Å². The van der Waals surface area contributed by atoms with Crippen LogP contribution >= 0.6 is 38.9 Å². The molecule has 1 aromatic rings. The number of aliphatic hydroxyl groups excluding tert-OH is 1. The van der Waals surface area contributed by atoms with Gasteiger partial charge in [-0.3, -0.25) is 4.79 Å². The quantitative estimate of drug-likeness (QED) is 0.848. The predicted octanol–water partition coefficient (Wildman–Crippen LogP) is 4.09. The molecule has 0 fully saturated rings. The van der Waals surface area contributed by atoms with E-state index in [0.29, 0.717) is 11.4 Å². The third-order valence-corrected chi connectivity index (χ3v) is 4.94. The van der Waals surface area contributed by atoms with Gasteiger partial charge in [0.2, 0.25) is 0 Å². The molecular formula is C11H14BrClO3S. The van der Waals surface area contributed by atoms with Crippen molar-refractivity contribution in [2.45, 2.75) is 32.8 Å². The van der Waals surface area contributed by atoms with Crippen LogP contribution in [-0.4, -0.2) is 16.2 Å². The Labute approximate surface area is 118 Å². The smallest absolute Gasteiger partial charge is 0.303 e. The topological polar surface area (TPSA) is 57.5 Å². The molecule has 3 nitrogen and oxygen atoms in total. The molecule has 0 radical (unpaired) electrons. The van der Waals surface area contributed by atoms with Crippen molar-refractivity contribution in [3.8, 4) is 0 Å². The zero-order valence-corrected chi connectivity index (χ0v) is 12.7. The molecule has 1 atom stereocenters. The molecule has 0 saturated carbocycles. The van der Waals surface area contributed by atoms with Crippen molar-refractivity contribution in [3.05, 3.63) is 19.8 Å². The van der Waals surface area contributed by atoms with E-state index >= 15 is 0 Å². The fourth-order valence-electron chi connectivity index (χ4n) is 1.63. The van der Waals surface area contributed by atoms with Crippen LogP contribution < -0.4 is 0 Å². The summed E-state index contributed by atoms with van der Waals surface area (Å²) in [6, 6.07) is 1.71. The third-order valence-electron chi connectivity index (χ3n) is 2.37. The molecule has 1 aromatic heterocycles. The molecule has 0 aliphatic heterocycles. The van der Waals surface area contributed by atoms with Crippen LogP contribution in [0.3, 0.4) is 0 Å². The summed E-state index contributed by atoms with van der Waals surface area (Å²) in [7, 11) is 0. The molecule has 6 heteroatoms. The second kappa shape index (κ2) is 5.69. The summed E-state index contributed by atoms with van der Waals surface area (Å²) in [4.78, 5) is 11.4.